The number of hydrogen-bond donors (Lipinski definition) is 3. The molecule has 0 fully saturated rings. The zero-order valence-corrected chi connectivity index (χ0v) is 36.0. The molecule has 306 valence electrons. The summed E-state index contributed by atoms with van der Waals surface area (Å²) in [5, 5.41) is 17.4. The van der Waals surface area contributed by atoms with Crippen LogP contribution in [0.1, 0.15) is 246 Å². The first kappa shape index (κ1) is 52.3. The van der Waals surface area contributed by atoms with Crippen LogP contribution in [0.15, 0.2) is 0 Å². The van der Waals surface area contributed by atoms with Crippen LogP contribution in [0.4, 0.5) is 0 Å². The summed E-state index contributed by atoms with van der Waals surface area (Å²) in [6, 6.07) is 0. The number of aliphatic hydroxyl groups excluding tert-OH is 1. The summed E-state index contributed by atoms with van der Waals surface area (Å²) in [5.74, 6) is -1.11. The Hall–Kier alpha value is -0.850. The third-order valence-electron chi connectivity index (χ3n) is 11.3. The second-order valence-electron chi connectivity index (χ2n) is 16.1. The van der Waals surface area contributed by atoms with Crippen molar-refractivity contribution >= 4 is 11.8 Å². The summed E-state index contributed by atoms with van der Waals surface area (Å²) >= 11 is 0. The molecule has 0 rings (SSSR count). The minimum Gasteiger partial charge on any atom is -1.00 e. The van der Waals surface area contributed by atoms with Crippen LogP contribution in [0.25, 0.3) is 0 Å². The molecule has 0 saturated carbocycles. The third-order valence-corrected chi connectivity index (χ3v) is 11.3. The quantitative estimate of drug-likeness (QED) is 0.0335. The monoisotopic (exact) mass is 744 g/mol. The molecule has 0 saturated heterocycles. The van der Waals surface area contributed by atoms with Gasteiger partial charge < -0.3 is 17.5 Å². The van der Waals surface area contributed by atoms with Crippen molar-refractivity contribution in [1.82, 2.24) is 10.6 Å². The molecular formula is C44H90ClN3O3. The van der Waals surface area contributed by atoms with Crippen molar-refractivity contribution in [2.24, 2.45) is 0 Å². The van der Waals surface area contributed by atoms with Crippen LogP contribution in [0, 0.1) is 0 Å². The Kier molecular flexibility index (Phi) is 37.0. The molecule has 51 heavy (non-hydrogen) atoms. The second-order valence-corrected chi connectivity index (χ2v) is 16.1. The van der Waals surface area contributed by atoms with Gasteiger partial charge in [-0.2, -0.15) is 0 Å². The smallest absolute Gasteiger partial charge is 0.256 e. The van der Waals surface area contributed by atoms with Gasteiger partial charge in [0, 0.05) is 25.7 Å². The van der Waals surface area contributed by atoms with Crippen LogP contribution < -0.4 is 23.0 Å². The number of hydrogen-bond acceptors (Lipinski definition) is 3. The van der Waals surface area contributed by atoms with Crippen LogP contribution in [-0.4, -0.2) is 47.5 Å². The fraction of sp³-hybridized carbons (Fsp3) is 0.955. The fourth-order valence-electron chi connectivity index (χ4n) is 7.51. The average Bonchev–Trinajstić information content (AvgIpc) is 3.10. The number of carbonyl (C=O) groups is 2. The summed E-state index contributed by atoms with van der Waals surface area (Å²) < 4.78 is 0.106. The molecule has 0 aliphatic carbocycles. The lowest BCUT2D eigenvalue weighted by Gasteiger charge is -2.50. The molecule has 3 N–H and O–H groups in total. The van der Waals surface area contributed by atoms with Crippen molar-refractivity contribution < 1.29 is 31.6 Å². The highest BCUT2D eigenvalue weighted by molar-refractivity contribution is 5.79. The van der Waals surface area contributed by atoms with E-state index in [2.05, 4.69) is 24.5 Å². The predicted octanol–water partition coefficient (Wildman–Crippen LogP) is 9.61. The lowest BCUT2D eigenvalue weighted by atomic mass is 10.0. The number of unbranched alkanes of at least 4 members (excludes halogenated alkanes) is 28. The van der Waals surface area contributed by atoms with Gasteiger partial charge in [-0.1, -0.05) is 207 Å². The molecule has 0 aromatic heterocycles. The van der Waals surface area contributed by atoms with Gasteiger partial charge >= 0.3 is 0 Å². The van der Waals surface area contributed by atoms with E-state index in [0.717, 1.165) is 25.7 Å². The highest BCUT2D eigenvalue weighted by atomic mass is 35.5. The lowest BCUT2D eigenvalue weighted by molar-refractivity contribution is -0.988. The van der Waals surface area contributed by atoms with E-state index in [1.807, 2.05) is 27.9 Å². The van der Waals surface area contributed by atoms with Crippen molar-refractivity contribution in [3.05, 3.63) is 0 Å². The lowest BCUT2D eigenvalue weighted by Crippen LogP contribution is -3.00. The zero-order chi connectivity index (χ0) is 37.2. The zero-order valence-electron chi connectivity index (χ0n) is 35.2. The van der Waals surface area contributed by atoms with Crippen LogP contribution >= 0.6 is 0 Å². The standard InChI is InChI=1S/C44H89N3O3.ClH/c1-7-11-13-15-17-19-21-23-25-27-29-31-33-35-37-39-41(48)45-44(10-4,47(5,6)43(50)9-3)46-42(49)40-38-36-34-32-30-28-26-24-22-20-18-16-14-12-8-2;/h43,50H,7-40H2,1-6H3,(H-,45,46,48,49);1H. The Morgan fingerprint density at radius 2 is 0.706 bits per heavy atom. The number of quaternary nitrogens is 1. The third kappa shape index (κ3) is 27.4. The summed E-state index contributed by atoms with van der Waals surface area (Å²) in [6.07, 6.45) is 40.2. The molecule has 6 nitrogen and oxygen atoms in total. The molecule has 0 bridgehead atoms. The van der Waals surface area contributed by atoms with E-state index in [-0.39, 0.29) is 28.7 Å². The largest absolute Gasteiger partial charge is 1.00 e. The van der Waals surface area contributed by atoms with Crippen LogP contribution in [0.2, 0.25) is 0 Å². The molecule has 0 heterocycles. The van der Waals surface area contributed by atoms with E-state index in [0.29, 0.717) is 25.7 Å². The highest BCUT2D eigenvalue weighted by Gasteiger charge is 2.50. The number of amides is 2. The van der Waals surface area contributed by atoms with Gasteiger partial charge in [-0.25, -0.2) is 0 Å². The highest BCUT2D eigenvalue weighted by Crippen LogP contribution is 2.25. The maximum absolute atomic E-state index is 13.2. The first-order valence-electron chi connectivity index (χ1n) is 22.3. The van der Waals surface area contributed by atoms with Gasteiger partial charge in [-0.15, -0.1) is 0 Å². The van der Waals surface area contributed by atoms with Crippen molar-refractivity contribution in [3.63, 3.8) is 0 Å². The number of rotatable bonds is 38. The van der Waals surface area contributed by atoms with Gasteiger partial charge in [0.05, 0.1) is 14.1 Å². The molecule has 2 amide bonds. The van der Waals surface area contributed by atoms with Crippen molar-refractivity contribution in [2.75, 3.05) is 14.1 Å². The first-order valence-corrected chi connectivity index (χ1v) is 22.3. The summed E-state index contributed by atoms with van der Waals surface area (Å²) in [6.45, 7) is 8.49. The minimum absolute atomic E-state index is 0. The Morgan fingerprint density at radius 1 is 0.471 bits per heavy atom. The Bertz CT molecular complexity index is 731. The van der Waals surface area contributed by atoms with Crippen LogP contribution in [0.3, 0.4) is 0 Å². The van der Waals surface area contributed by atoms with Gasteiger partial charge in [0.1, 0.15) is 0 Å². The van der Waals surface area contributed by atoms with E-state index in [1.165, 1.54) is 167 Å². The Labute approximate surface area is 325 Å². The molecule has 7 heteroatoms. The summed E-state index contributed by atoms with van der Waals surface area (Å²) in [5.41, 5.74) is 0. The number of halogens is 1. The number of nitrogens with zero attached hydrogens (tertiary/aromatic N) is 1. The number of nitrogens with one attached hydrogen (secondary N) is 2. The molecule has 0 aliphatic rings. The molecule has 0 spiro atoms. The number of aliphatic hydroxyl groups is 1. The van der Waals surface area contributed by atoms with Gasteiger partial charge in [0.25, 0.3) is 5.79 Å². The average molecular weight is 745 g/mol. The first-order chi connectivity index (χ1) is 24.2. The number of carbonyl (C=O) groups excluding carboxylic acids is 2. The van der Waals surface area contributed by atoms with Crippen molar-refractivity contribution in [2.45, 2.75) is 258 Å². The minimum atomic E-state index is -1.03. The molecule has 0 radical (unpaired) electrons. The maximum atomic E-state index is 13.2. The Morgan fingerprint density at radius 3 is 0.922 bits per heavy atom. The van der Waals surface area contributed by atoms with Crippen LogP contribution in [-0.2, 0) is 9.59 Å². The van der Waals surface area contributed by atoms with Gasteiger partial charge in [0.15, 0.2) is 6.23 Å². The van der Waals surface area contributed by atoms with E-state index in [1.54, 1.807) is 0 Å². The van der Waals surface area contributed by atoms with Crippen molar-refractivity contribution in [3.8, 4) is 0 Å². The molecule has 1 unspecified atom stereocenters. The topological polar surface area (TPSA) is 78.4 Å². The maximum Gasteiger partial charge on any atom is 0.256 e. The fourth-order valence-corrected chi connectivity index (χ4v) is 7.51. The van der Waals surface area contributed by atoms with Crippen LogP contribution in [0.5, 0.6) is 0 Å². The molecular weight excluding hydrogens is 654 g/mol. The predicted molar refractivity (Wildman–Crippen MR) is 217 cm³/mol. The molecule has 0 aliphatic heterocycles. The van der Waals surface area contributed by atoms with E-state index in [9.17, 15) is 14.7 Å². The summed E-state index contributed by atoms with van der Waals surface area (Å²) in [7, 11) is 3.83. The van der Waals surface area contributed by atoms with E-state index < -0.39 is 12.0 Å². The second kappa shape index (κ2) is 36.1. The molecule has 0 aromatic rings. The van der Waals surface area contributed by atoms with Gasteiger partial charge in [0.2, 0.25) is 11.8 Å². The van der Waals surface area contributed by atoms with E-state index >= 15 is 0 Å². The normalized spacial score (nSPS) is 12.5. The summed E-state index contributed by atoms with van der Waals surface area (Å²) in [4.78, 5) is 26.5. The van der Waals surface area contributed by atoms with Gasteiger partial charge in [-0.05, 0) is 12.8 Å². The van der Waals surface area contributed by atoms with Gasteiger partial charge in [-0.3, -0.25) is 24.7 Å². The van der Waals surface area contributed by atoms with Crippen molar-refractivity contribution in [1.29, 1.82) is 0 Å². The SMILES string of the molecule is CCCCCCCCCCCCCCCCCC(=O)NC(CC)(NC(=O)CCCCCCCCCCCCCCCCC)[N+](C)(C)C(O)CC.[Cl-]. The molecule has 1 atom stereocenters. The molecule has 0 aromatic carbocycles. The van der Waals surface area contributed by atoms with E-state index in [4.69, 9.17) is 0 Å². The Balaban J connectivity index is 0.